The zero-order chi connectivity index (χ0) is 16.5. The van der Waals surface area contributed by atoms with Gasteiger partial charge < -0.3 is 0 Å². The molecule has 1 aliphatic rings. The van der Waals surface area contributed by atoms with Crippen LogP contribution in [0.2, 0.25) is 0 Å². The van der Waals surface area contributed by atoms with Gasteiger partial charge in [0.25, 0.3) is 5.91 Å². The minimum Gasteiger partial charge on any atom is -0.293 e. The zero-order valence-electron chi connectivity index (χ0n) is 13.0. The van der Waals surface area contributed by atoms with Crippen molar-refractivity contribution in [2.75, 3.05) is 6.54 Å². The number of carbonyl (C=O) groups excluding carboxylic acids is 1. The van der Waals surface area contributed by atoms with Gasteiger partial charge in [-0.05, 0) is 30.2 Å². The van der Waals surface area contributed by atoms with E-state index in [1.165, 1.54) is 21.8 Å². The van der Waals surface area contributed by atoms with Crippen molar-refractivity contribution in [3.8, 4) is 0 Å². The normalized spacial score (nSPS) is 14.5. The average molecular weight is 339 g/mol. The number of nitrogens with one attached hydrogen (secondary N) is 1. The molecule has 1 aromatic carbocycles. The molecule has 4 rings (SSSR count). The molecule has 0 aliphatic carbocycles. The maximum atomic E-state index is 11.6. The molecule has 6 heteroatoms. The van der Waals surface area contributed by atoms with E-state index in [0.29, 0.717) is 4.88 Å². The van der Waals surface area contributed by atoms with Crippen LogP contribution in [0, 0.1) is 0 Å². The number of aromatic nitrogens is 1. The van der Waals surface area contributed by atoms with Gasteiger partial charge in [-0.3, -0.25) is 19.9 Å². The maximum Gasteiger partial charge on any atom is 0.284 e. The lowest BCUT2D eigenvalue weighted by molar-refractivity contribution is 0.0711. The lowest BCUT2D eigenvalue weighted by atomic mass is 10.1. The van der Waals surface area contributed by atoms with Crippen LogP contribution in [0.5, 0.6) is 0 Å². The summed E-state index contributed by atoms with van der Waals surface area (Å²) in [5.74, 6) is -0.433. The Hall–Kier alpha value is -2.28. The third-order valence-electron chi connectivity index (χ3n) is 4.31. The Morgan fingerprint density at radius 3 is 3.04 bits per heavy atom. The van der Waals surface area contributed by atoms with Gasteiger partial charge in [0.2, 0.25) is 0 Å². The molecule has 0 bridgehead atoms. The molecule has 5 nitrogen and oxygen atoms in total. The Morgan fingerprint density at radius 1 is 1.29 bits per heavy atom. The van der Waals surface area contributed by atoms with Gasteiger partial charge in [0.15, 0.2) is 0 Å². The van der Waals surface area contributed by atoms with Crippen molar-refractivity contribution in [2.45, 2.75) is 19.5 Å². The number of thiophene rings is 1. The summed E-state index contributed by atoms with van der Waals surface area (Å²) in [6, 6.07) is 14.2. The number of hydrogen-bond acceptors (Lipinski definition) is 5. The third-order valence-corrected chi connectivity index (χ3v) is 5.55. The number of amides is 1. The van der Waals surface area contributed by atoms with Crippen molar-refractivity contribution in [2.24, 2.45) is 0 Å². The van der Waals surface area contributed by atoms with Gasteiger partial charge in [-0.2, -0.15) is 0 Å². The molecule has 0 atom stereocenters. The van der Waals surface area contributed by atoms with Gasteiger partial charge in [-0.1, -0.05) is 24.3 Å². The summed E-state index contributed by atoms with van der Waals surface area (Å²) in [6.45, 7) is 2.54. The maximum absolute atomic E-state index is 11.6. The van der Waals surface area contributed by atoms with Crippen LogP contribution in [-0.2, 0) is 19.5 Å². The van der Waals surface area contributed by atoms with Crippen molar-refractivity contribution in [3.63, 3.8) is 0 Å². The van der Waals surface area contributed by atoms with E-state index in [-0.39, 0.29) is 0 Å². The first-order valence-electron chi connectivity index (χ1n) is 7.86. The molecule has 0 saturated carbocycles. The Bertz CT molecular complexity index is 906. The van der Waals surface area contributed by atoms with Crippen molar-refractivity contribution in [3.05, 3.63) is 63.5 Å². The summed E-state index contributed by atoms with van der Waals surface area (Å²) in [5.41, 5.74) is 4.95. The van der Waals surface area contributed by atoms with Crippen molar-refractivity contribution < 1.29 is 10.0 Å². The standard InChI is InChI=1S/C18H17N3O2S/c22-18(20-23)17-9-13-10-21(8-7-16(13)24-17)11-14-6-5-12-3-1-2-4-15(12)19-14/h1-6,9,23H,7-8,10-11H2,(H,20,22). The van der Waals surface area contributed by atoms with E-state index in [1.807, 2.05) is 24.3 Å². The molecule has 0 fully saturated rings. The van der Waals surface area contributed by atoms with E-state index < -0.39 is 5.91 Å². The summed E-state index contributed by atoms with van der Waals surface area (Å²) in [5, 5.41) is 9.92. The molecular formula is C18H17N3O2S. The van der Waals surface area contributed by atoms with E-state index >= 15 is 0 Å². The number of para-hydroxylation sites is 1. The predicted molar refractivity (Wildman–Crippen MR) is 93.1 cm³/mol. The first kappa shape index (κ1) is 15.3. The molecule has 1 aliphatic heterocycles. The number of hydroxylamine groups is 1. The molecule has 2 N–H and O–H groups in total. The molecule has 3 aromatic rings. The van der Waals surface area contributed by atoms with E-state index in [4.69, 9.17) is 10.2 Å². The molecule has 1 amide bonds. The van der Waals surface area contributed by atoms with Crippen molar-refractivity contribution >= 4 is 28.1 Å². The van der Waals surface area contributed by atoms with Gasteiger partial charge >= 0.3 is 0 Å². The number of benzene rings is 1. The Balaban J connectivity index is 1.51. The first-order chi connectivity index (χ1) is 11.7. The second-order valence-electron chi connectivity index (χ2n) is 5.96. The minimum atomic E-state index is -0.433. The molecule has 0 unspecified atom stereocenters. The van der Waals surface area contributed by atoms with Crippen LogP contribution in [0.4, 0.5) is 0 Å². The molecule has 2 aromatic heterocycles. The largest absolute Gasteiger partial charge is 0.293 e. The summed E-state index contributed by atoms with van der Waals surface area (Å²) >= 11 is 1.46. The number of pyridine rings is 1. The van der Waals surface area contributed by atoms with Gasteiger partial charge in [-0.25, -0.2) is 5.48 Å². The molecule has 122 valence electrons. The fourth-order valence-electron chi connectivity index (χ4n) is 3.12. The summed E-state index contributed by atoms with van der Waals surface area (Å²) in [7, 11) is 0. The zero-order valence-corrected chi connectivity index (χ0v) is 13.8. The van der Waals surface area contributed by atoms with E-state index in [9.17, 15) is 4.79 Å². The smallest absolute Gasteiger partial charge is 0.284 e. The van der Waals surface area contributed by atoms with Crippen LogP contribution >= 0.6 is 11.3 Å². The van der Waals surface area contributed by atoms with E-state index in [2.05, 4.69) is 23.1 Å². The monoisotopic (exact) mass is 339 g/mol. The second-order valence-corrected chi connectivity index (χ2v) is 7.09. The van der Waals surface area contributed by atoms with Gasteiger partial charge in [0, 0.05) is 29.9 Å². The Kier molecular flexibility index (Phi) is 4.02. The second kappa shape index (κ2) is 6.32. The SMILES string of the molecule is O=C(NO)c1cc2c(s1)CCN(Cc1ccc3ccccc3n1)C2. The fraction of sp³-hybridized carbons (Fsp3) is 0.222. The first-order valence-corrected chi connectivity index (χ1v) is 8.67. The summed E-state index contributed by atoms with van der Waals surface area (Å²) in [6.07, 6.45) is 0.923. The average Bonchev–Trinajstić information content (AvgIpc) is 3.04. The van der Waals surface area contributed by atoms with Gasteiger partial charge in [0.1, 0.15) is 0 Å². The van der Waals surface area contributed by atoms with Crippen LogP contribution < -0.4 is 5.48 Å². The molecule has 0 saturated heterocycles. The highest BCUT2D eigenvalue weighted by molar-refractivity contribution is 7.14. The summed E-state index contributed by atoms with van der Waals surface area (Å²) < 4.78 is 0. The molecule has 0 spiro atoms. The quantitative estimate of drug-likeness (QED) is 0.569. The summed E-state index contributed by atoms with van der Waals surface area (Å²) in [4.78, 5) is 20.4. The van der Waals surface area contributed by atoms with Crippen LogP contribution in [-0.4, -0.2) is 27.5 Å². The van der Waals surface area contributed by atoms with E-state index in [0.717, 1.165) is 42.7 Å². The third kappa shape index (κ3) is 2.91. The minimum absolute atomic E-state index is 0.433. The number of carbonyl (C=O) groups is 1. The number of rotatable bonds is 3. The van der Waals surface area contributed by atoms with Crippen LogP contribution in [0.25, 0.3) is 10.9 Å². The van der Waals surface area contributed by atoms with Gasteiger partial charge in [0.05, 0.1) is 16.1 Å². The van der Waals surface area contributed by atoms with Crippen molar-refractivity contribution in [1.82, 2.24) is 15.4 Å². The number of fused-ring (bicyclic) bond motifs is 2. The lowest BCUT2D eigenvalue weighted by Gasteiger charge is -2.26. The highest BCUT2D eigenvalue weighted by Crippen LogP contribution is 2.28. The highest BCUT2D eigenvalue weighted by atomic mass is 32.1. The van der Waals surface area contributed by atoms with Gasteiger partial charge in [-0.15, -0.1) is 11.3 Å². The Morgan fingerprint density at radius 2 is 2.17 bits per heavy atom. The lowest BCUT2D eigenvalue weighted by Crippen LogP contribution is -2.29. The topological polar surface area (TPSA) is 65.5 Å². The van der Waals surface area contributed by atoms with E-state index in [1.54, 1.807) is 5.48 Å². The van der Waals surface area contributed by atoms with Crippen LogP contribution in [0.15, 0.2) is 42.5 Å². The predicted octanol–water partition coefficient (Wildman–Crippen LogP) is 2.97. The molecule has 24 heavy (non-hydrogen) atoms. The molecule has 0 radical (unpaired) electrons. The molecular weight excluding hydrogens is 322 g/mol. The Labute approximate surface area is 143 Å². The fourth-order valence-corrected chi connectivity index (χ4v) is 4.17. The van der Waals surface area contributed by atoms with Crippen molar-refractivity contribution in [1.29, 1.82) is 0 Å². The number of nitrogens with zero attached hydrogens (tertiary/aromatic N) is 2. The van der Waals surface area contributed by atoms with Crippen LogP contribution in [0.1, 0.15) is 25.8 Å². The number of hydrogen-bond donors (Lipinski definition) is 2. The van der Waals surface area contributed by atoms with Crippen LogP contribution in [0.3, 0.4) is 0 Å². The highest BCUT2D eigenvalue weighted by Gasteiger charge is 2.21. The molecule has 3 heterocycles.